The van der Waals surface area contributed by atoms with Crippen LogP contribution in [0.15, 0.2) is 35.2 Å². The van der Waals surface area contributed by atoms with Crippen LogP contribution in [0.2, 0.25) is 0 Å². The summed E-state index contributed by atoms with van der Waals surface area (Å²) < 4.78 is 5.74. The molecule has 0 bridgehead atoms. The number of amides is 2. The Morgan fingerprint density at radius 1 is 1.48 bits per heavy atom. The lowest BCUT2D eigenvalue weighted by atomic mass is 10.3. The van der Waals surface area contributed by atoms with Crippen LogP contribution in [0.1, 0.15) is 6.42 Å². The number of thioether (sulfide) groups is 1. The number of fused-ring (bicyclic) bond motifs is 1. The third kappa shape index (κ3) is 5.51. The Labute approximate surface area is 174 Å². The predicted octanol–water partition coefficient (Wildman–Crippen LogP) is 4.43. The van der Waals surface area contributed by atoms with Gasteiger partial charge in [-0.15, -0.1) is 34.5 Å². The summed E-state index contributed by atoms with van der Waals surface area (Å²) in [5, 5.41) is 5.49. The van der Waals surface area contributed by atoms with Crippen LogP contribution in [0.5, 0.6) is 0 Å². The van der Waals surface area contributed by atoms with Crippen LogP contribution in [0, 0.1) is 5.92 Å². The van der Waals surface area contributed by atoms with E-state index in [-0.39, 0.29) is 18.4 Å². The molecule has 10 heteroatoms. The zero-order valence-corrected chi connectivity index (χ0v) is 17.3. The first kappa shape index (κ1) is 20.3. The second kappa shape index (κ2) is 8.68. The van der Waals surface area contributed by atoms with E-state index < -0.39 is 10.4 Å². The first-order chi connectivity index (χ1) is 12.9. The fraction of sp³-hybridized carbons (Fsp3) is 0.353. The molecule has 6 nitrogen and oxygen atoms in total. The Hall–Kier alpha value is -1.48. The van der Waals surface area contributed by atoms with E-state index in [1.54, 1.807) is 17.8 Å². The van der Waals surface area contributed by atoms with Gasteiger partial charge in [0.1, 0.15) is 10.9 Å². The van der Waals surface area contributed by atoms with E-state index in [0.29, 0.717) is 24.4 Å². The van der Waals surface area contributed by atoms with Crippen LogP contribution in [0.4, 0.5) is 10.5 Å². The van der Waals surface area contributed by atoms with Crippen LogP contribution in [-0.2, 0) is 9.53 Å². The second-order valence-electron chi connectivity index (χ2n) is 5.83. The van der Waals surface area contributed by atoms with Crippen LogP contribution in [0.3, 0.4) is 0 Å². The first-order valence-electron chi connectivity index (χ1n) is 8.12. The molecule has 2 aromatic rings. The maximum absolute atomic E-state index is 12.1. The number of carbonyl (C=O) groups excluding carboxylic acids is 2. The number of ether oxygens (including phenoxy) is 1. The maximum Gasteiger partial charge on any atom is 0.407 e. The van der Waals surface area contributed by atoms with Gasteiger partial charge in [-0.3, -0.25) is 4.79 Å². The van der Waals surface area contributed by atoms with Crippen molar-refractivity contribution in [2.45, 2.75) is 15.1 Å². The summed E-state index contributed by atoms with van der Waals surface area (Å²) in [5.74, 6) is 0.129. The third-order valence-electron chi connectivity index (χ3n) is 3.71. The van der Waals surface area contributed by atoms with Gasteiger partial charge < -0.3 is 15.4 Å². The molecule has 0 aliphatic heterocycles. The fourth-order valence-electron chi connectivity index (χ4n) is 2.25. The maximum atomic E-state index is 12.1. The lowest BCUT2D eigenvalue weighted by Crippen LogP contribution is -2.26. The first-order valence-corrected chi connectivity index (χ1v) is 10.7. The standard InChI is InChI=1S/C17H17Cl2N3O3S2/c1-2-6-25-15(24)20-5-7-26-16-22-12-4-3-10(8-13(12)27-16)21-14(23)11-9-17(11,18)19/h2-4,8,11H,1,5-7,9H2,(H,20,24)(H,21,23). The highest BCUT2D eigenvalue weighted by Crippen LogP contribution is 2.53. The molecule has 0 spiro atoms. The van der Waals surface area contributed by atoms with E-state index in [1.807, 2.05) is 12.1 Å². The molecule has 1 aliphatic rings. The lowest BCUT2D eigenvalue weighted by molar-refractivity contribution is -0.117. The Balaban J connectivity index is 1.51. The van der Waals surface area contributed by atoms with Gasteiger partial charge in [0.15, 0.2) is 4.34 Å². The van der Waals surface area contributed by atoms with Crippen molar-refractivity contribution in [3.05, 3.63) is 30.9 Å². The van der Waals surface area contributed by atoms with Crippen molar-refractivity contribution in [2.24, 2.45) is 5.92 Å². The van der Waals surface area contributed by atoms with Gasteiger partial charge in [0.2, 0.25) is 5.91 Å². The smallest absolute Gasteiger partial charge is 0.407 e. The minimum Gasteiger partial charge on any atom is -0.445 e. The van der Waals surface area contributed by atoms with Crippen molar-refractivity contribution in [3.8, 4) is 0 Å². The van der Waals surface area contributed by atoms with Gasteiger partial charge in [0.05, 0.1) is 16.1 Å². The molecule has 1 fully saturated rings. The van der Waals surface area contributed by atoms with Gasteiger partial charge in [0, 0.05) is 18.0 Å². The largest absolute Gasteiger partial charge is 0.445 e. The summed E-state index contributed by atoms with van der Waals surface area (Å²) in [5.41, 5.74) is 1.55. The summed E-state index contributed by atoms with van der Waals surface area (Å²) in [7, 11) is 0. The number of hydrogen-bond donors (Lipinski definition) is 2. The molecule has 1 aromatic carbocycles. The van der Waals surface area contributed by atoms with E-state index in [1.165, 1.54) is 17.4 Å². The van der Waals surface area contributed by atoms with Crippen molar-refractivity contribution in [3.63, 3.8) is 0 Å². The highest BCUT2D eigenvalue weighted by molar-refractivity contribution is 8.01. The minimum absolute atomic E-state index is 0.173. The number of rotatable bonds is 8. The molecule has 2 N–H and O–H groups in total. The van der Waals surface area contributed by atoms with Gasteiger partial charge in [-0.05, 0) is 24.6 Å². The topological polar surface area (TPSA) is 80.3 Å². The van der Waals surface area contributed by atoms with Crippen LogP contribution >= 0.6 is 46.3 Å². The molecule has 1 heterocycles. The summed E-state index contributed by atoms with van der Waals surface area (Å²) in [6, 6.07) is 5.54. The van der Waals surface area contributed by atoms with Crippen molar-refractivity contribution in [1.82, 2.24) is 10.3 Å². The van der Waals surface area contributed by atoms with E-state index >= 15 is 0 Å². The summed E-state index contributed by atoms with van der Waals surface area (Å²) in [6.07, 6.45) is 1.52. The number of thiazole rings is 1. The molecule has 1 atom stereocenters. The van der Waals surface area contributed by atoms with Crippen LogP contribution < -0.4 is 10.6 Å². The summed E-state index contributed by atoms with van der Waals surface area (Å²) >= 11 is 14.9. The molecule has 1 aromatic heterocycles. The molecule has 27 heavy (non-hydrogen) atoms. The van der Waals surface area contributed by atoms with Crippen LogP contribution in [-0.4, -0.2) is 40.2 Å². The Bertz CT molecular complexity index is 872. The number of nitrogens with one attached hydrogen (secondary N) is 2. The van der Waals surface area contributed by atoms with Gasteiger partial charge in [-0.25, -0.2) is 9.78 Å². The Kier molecular flexibility index (Phi) is 6.52. The van der Waals surface area contributed by atoms with Gasteiger partial charge in [-0.2, -0.15) is 0 Å². The zero-order chi connectivity index (χ0) is 19.4. The summed E-state index contributed by atoms with van der Waals surface area (Å²) in [6.45, 7) is 4.14. The molecule has 1 saturated carbocycles. The number of aromatic nitrogens is 1. The molecular formula is C17H17Cl2N3O3S2. The average Bonchev–Trinajstić information content (AvgIpc) is 3.09. The summed E-state index contributed by atoms with van der Waals surface area (Å²) in [4.78, 5) is 27.9. The zero-order valence-electron chi connectivity index (χ0n) is 14.2. The third-order valence-corrected chi connectivity index (χ3v) is 6.71. The number of benzene rings is 1. The van der Waals surface area contributed by atoms with Crippen molar-refractivity contribution < 1.29 is 14.3 Å². The van der Waals surface area contributed by atoms with Gasteiger partial charge in [-0.1, -0.05) is 24.4 Å². The Morgan fingerprint density at radius 3 is 2.96 bits per heavy atom. The van der Waals surface area contributed by atoms with E-state index in [2.05, 4.69) is 22.2 Å². The molecule has 0 saturated heterocycles. The number of alkyl carbamates (subject to hydrolysis) is 1. The molecule has 144 valence electrons. The molecular weight excluding hydrogens is 429 g/mol. The molecule has 1 aliphatic carbocycles. The van der Waals surface area contributed by atoms with E-state index in [4.69, 9.17) is 27.9 Å². The van der Waals surface area contributed by atoms with Crippen molar-refractivity contribution >= 4 is 74.2 Å². The quantitative estimate of drug-likeness (QED) is 0.271. The Morgan fingerprint density at radius 2 is 2.26 bits per heavy atom. The number of carbonyl (C=O) groups is 2. The monoisotopic (exact) mass is 445 g/mol. The minimum atomic E-state index is -0.936. The molecule has 3 rings (SSSR count). The molecule has 1 unspecified atom stereocenters. The van der Waals surface area contributed by atoms with Crippen LogP contribution in [0.25, 0.3) is 10.2 Å². The number of hydrogen-bond acceptors (Lipinski definition) is 6. The normalized spacial score (nSPS) is 17.3. The van der Waals surface area contributed by atoms with Crippen molar-refractivity contribution in [1.29, 1.82) is 0 Å². The van der Waals surface area contributed by atoms with E-state index in [0.717, 1.165) is 14.6 Å². The number of halogens is 2. The number of nitrogens with zero attached hydrogens (tertiary/aromatic N) is 1. The van der Waals surface area contributed by atoms with E-state index in [9.17, 15) is 9.59 Å². The number of anilines is 1. The lowest BCUT2D eigenvalue weighted by Gasteiger charge is -2.04. The van der Waals surface area contributed by atoms with Gasteiger partial charge in [0.25, 0.3) is 0 Å². The SMILES string of the molecule is C=CCOC(=O)NCCSc1nc2ccc(NC(=O)C3CC3(Cl)Cl)cc2s1. The van der Waals surface area contributed by atoms with Gasteiger partial charge >= 0.3 is 6.09 Å². The molecule has 0 radical (unpaired) electrons. The fourth-order valence-corrected chi connectivity index (χ4v) is 4.79. The predicted molar refractivity (Wildman–Crippen MR) is 111 cm³/mol. The molecule has 2 amide bonds. The number of alkyl halides is 2. The highest BCUT2D eigenvalue weighted by atomic mass is 35.5. The second-order valence-corrected chi connectivity index (χ2v) is 9.75. The highest BCUT2D eigenvalue weighted by Gasteiger charge is 2.56. The average molecular weight is 446 g/mol. The van der Waals surface area contributed by atoms with Crippen molar-refractivity contribution in [2.75, 3.05) is 24.2 Å².